The van der Waals surface area contributed by atoms with Gasteiger partial charge >= 0.3 is 0 Å². The highest BCUT2D eigenvalue weighted by atomic mass is 28.4. The van der Waals surface area contributed by atoms with Gasteiger partial charge in [-0.2, -0.15) is 0 Å². The SMILES string of the molecule is CC1(C)CCC[C@@]2(C=C(CCCO[Si](C)(C)C(C)(C)C)C(=O)C2)[C@@H]1CO[Si](c1ccccc1)(c1ccccc1)C(C)(C)C. The van der Waals surface area contributed by atoms with Crippen LogP contribution in [0.25, 0.3) is 0 Å². The zero-order valence-electron chi connectivity index (χ0n) is 28.8. The lowest BCUT2D eigenvalue weighted by Gasteiger charge is -2.52. The fourth-order valence-electron chi connectivity index (χ4n) is 7.65. The molecule has 0 bridgehead atoms. The third-order valence-electron chi connectivity index (χ3n) is 11.2. The highest BCUT2D eigenvalue weighted by molar-refractivity contribution is 6.99. The van der Waals surface area contributed by atoms with Gasteiger partial charge in [0.05, 0.1) is 0 Å². The lowest BCUT2D eigenvalue weighted by molar-refractivity contribution is -0.118. The molecule has 1 saturated carbocycles. The molecule has 0 amide bonds. The van der Waals surface area contributed by atoms with Crippen molar-refractivity contribution in [1.29, 1.82) is 0 Å². The first-order valence-corrected chi connectivity index (χ1v) is 21.4. The van der Waals surface area contributed by atoms with Gasteiger partial charge in [-0.25, -0.2) is 0 Å². The van der Waals surface area contributed by atoms with Crippen molar-refractivity contribution in [2.45, 2.75) is 117 Å². The summed E-state index contributed by atoms with van der Waals surface area (Å²) in [6.07, 6.45) is 8.17. The van der Waals surface area contributed by atoms with E-state index >= 15 is 0 Å². The van der Waals surface area contributed by atoms with E-state index in [1.807, 2.05) is 0 Å². The van der Waals surface area contributed by atoms with Gasteiger partial charge in [0, 0.05) is 25.0 Å². The van der Waals surface area contributed by atoms with Crippen LogP contribution in [0.15, 0.2) is 72.3 Å². The fraction of sp³-hybridized carbons (Fsp3) is 0.605. The van der Waals surface area contributed by atoms with E-state index in [-0.39, 0.29) is 26.8 Å². The molecule has 1 fully saturated rings. The third-order valence-corrected chi connectivity index (χ3v) is 20.7. The van der Waals surface area contributed by atoms with Gasteiger partial charge in [-0.3, -0.25) is 4.79 Å². The van der Waals surface area contributed by atoms with Crippen LogP contribution in [0, 0.1) is 16.7 Å². The molecule has 236 valence electrons. The van der Waals surface area contributed by atoms with E-state index in [2.05, 4.69) is 135 Å². The molecule has 0 heterocycles. The summed E-state index contributed by atoms with van der Waals surface area (Å²) in [5.41, 5.74) is 0.994. The second-order valence-electron chi connectivity index (χ2n) is 16.6. The number of benzene rings is 2. The summed E-state index contributed by atoms with van der Waals surface area (Å²) in [5, 5.41) is 2.76. The van der Waals surface area contributed by atoms with E-state index < -0.39 is 16.6 Å². The van der Waals surface area contributed by atoms with E-state index in [9.17, 15) is 4.79 Å². The Hall–Kier alpha value is -1.80. The minimum absolute atomic E-state index is 0.0711. The largest absolute Gasteiger partial charge is 0.417 e. The number of carbonyl (C=O) groups excluding carboxylic acids is 1. The Labute approximate surface area is 265 Å². The summed E-state index contributed by atoms with van der Waals surface area (Å²) >= 11 is 0. The lowest BCUT2D eigenvalue weighted by atomic mass is 9.56. The van der Waals surface area contributed by atoms with Crippen LogP contribution in [-0.4, -0.2) is 35.6 Å². The quantitative estimate of drug-likeness (QED) is 0.197. The minimum atomic E-state index is -2.68. The van der Waals surface area contributed by atoms with Gasteiger partial charge in [-0.1, -0.05) is 129 Å². The molecule has 2 atom stereocenters. The summed E-state index contributed by atoms with van der Waals surface area (Å²) in [5.74, 6) is 0.626. The van der Waals surface area contributed by atoms with Crippen molar-refractivity contribution in [3.63, 3.8) is 0 Å². The Morgan fingerprint density at radius 3 is 1.88 bits per heavy atom. The predicted molar refractivity (Wildman–Crippen MR) is 187 cm³/mol. The number of hydrogen-bond acceptors (Lipinski definition) is 3. The van der Waals surface area contributed by atoms with Crippen LogP contribution in [-0.2, 0) is 13.6 Å². The summed E-state index contributed by atoms with van der Waals surface area (Å²) < 4.78 is 14.0. The maximum atomic E-state index is 13.6. The Morgan fingerprint density at radius 2 is 1.37 bits per heavy atom. The highest BCUT2D eigenvalue weighted by Gasteiger charge is 2.55. The van der Waals surface area contributed by atoms with Crippen molar-refractivity contribution in [3.8, 4) is 0 Å². The van der Waals surface area contributed by atoms with Gasteiger partial charge in [-0.05, 0) is 76.1 Å². The van der Waals surface area contributed by atoms with Crippen molar-refractivity contribution in [2.24, 2.45) is 16.7 Å². The molecule has 2 aliphatic rings. The van der Waals surface area contributed by atoms with Crippen LogP contribution in [0.5, 0.6) is 0 Å². The number of ketones is 1. The molecule has 2 aromatic carbocycles. The van der Waals surface area contributed by atoms with Gasteiger partial charge in [-0.15, -0.1) is 0 Å². The molecule has 0 aromatic heterocycles. The molecule has 0 saturated heterocycles. The molecule has 2 aromatic rings. The molecule has 5 heteroatoms. The van der Waals surface area contributed by atoms with Crippen LogP contribution >= 0.6 is 0 Å². The van der Waals surface area contributed by atoms with Crippen LogP contribution in [0.1, 0.15) is 93.9 Å². The molecular formula is C38H58O3Si2. The molecule has 2 aliphatic carbocycles. The number of hydrogen-bond donors (Lipinski definition) is 0. The normalized spacial score (nSPS) is 23.1. The van der Waals surface area contributed by atoms with E-state index in [0.29, 0.717) is 18.8 Å². The van der Waals surface area contributed by atoms with Crippen molar-refractivity contribution in [2.75, 3.05) is 13.2 Å². The van der Waals surface area contributed by atoms with E-state index in [4.69, 9.17) is 8.85 Å². The fourth-order valence-corrected chi connectivity index (χ4v) is 13.3. The zero-order valence-corrected chi connectivity index (χ0v) is 30.8. The van der Waals surface area contributed by atoms with Crippen LogP contribution < -0.4 is 10.4 Å². The number of allylic oxidation sites excluding steroid dienone is 2. The first-order chi connectivity index (χ1) is 20.0. The number of carbonyl (C=O) groups is 1. The predicted octanol–water partition coefficient (Wildman–Crippen LogP) is 9.08. The van der Waals surface area contributed by atoms with Crippen LogP contribution in [0.4, 0.5) is 0 Å². The average molecular weight is 619 g/mol. The molecule has 0 unspecified atom stereocenters. The van der Waals surface area contributed by atoms with Gasteiger partial charge in [0.1, 0.15) is 0 Å². The molecule has 3 nitrogen and oxygen atoms in total. The van der Waals surface area contributed by atoms with Crippen molar-refractivity contribution >= 4 is 32.8 Å². The summed E-state index contributed by atoms with van der Waals surface area (Å²) in [4.78, 5) is 13.6. The third kappa shape index (κ3) is 6.90. The average Bonchev–Trinajstić information content (AvgIpc) is 3.22. The molecule has 0 radical (unpaired) electrons. The maximum Gasteiger partial charge on any atom is 0.261 e. The molecule has 43 heavy (non-hydrogen) atoms. The standard InChI is InChI=1S/C38H58O3Si2/c1-35(2,3)42(9,10)40-26-17-19-30-27-38(28-33(30)39)25-18-24-37(7,8)34(38)29-41-43(36(4,5)6,31-20-13-11-14-21-31)32-22-15-12-16-23-32/h11-16,20-23,27,34H,17-19,24-26,28-29H2,1-10H3/t34-,38+/m1/s1. The van der Waals surface area contributed by atoms with Crippen LogP contribution in [0.2, 0.25) is 23.2 Å². The maximum absolute atomic E-state index is 13.6. The second kappa shape index (κ2) is 12.5. The van der Waals surface area contributed by atoms with Gasteiger partial charge < -0.3 is 8.85 Å². The Kier molecular flexibility index (Phi) is 9.94. The summed E-state index contributed by atoms with van der Waals surface area (Å²) in [7, 11) is -4.46. The molecule has 4 rings (SSSR count). The van der Waals surface area contributed by atoms with Crippen LogP contribution in [0.3, 0.4) is 0 Å². The van der Waals surface area contributed by atoms with E-state index in [1.54, 1.807) is 0 Å². The van der Waals surface area contributed by atoms with E-state index in [0.717, 1.165) is 37.9 Å². The topological polar surface area (TPSA) is 35.5 Å². The van der Waals surface area contributed by atoms with Gasteiger partial charge in [0.25, 0.3) is 8.32 Å². The first-order valence-electron chi connectivity index (χ1n) is 16.6. The van der Waals surface area contributed by atoms with Gasteiger partial charge in [0.2, 0.25) is 0 Å². The van der Waals surface area contributed by atoms with Crippen molar-refractivity contribution in [3.05, 3.63) is 72.3 Å². The highest BCUT2D eigenvalue weighted by Crippen LogP contribution is 2.57. The molecule has 1 spiro atoms. The monoisotopic (exact) mass is 618 g/mol. The van der Waals surface area contributed by atoms with E-state index in [1.165, 1.54) is 16.8 Å². The Bertz CT molecular complexity index is 1230. The Morgan fingerprint density at radius 1 is 0.814 bits per heavy atom. The summed E-state index contributed by atoms with van der Waals surface area (Å²) in [6.45, 7) is 24.8. The second-order valence-corrected chi connectivity index (χ2v) is 25.7. The number of rotatable bonds is 10. The molecule has 0 aliphatic heterocycles. The smallest absolute Gasteiger partial charge is 0.261 e. The van der Waals surface area contributed by atoms with Crippen molar-refractivity contribution in [1.82, 2.24) is 0 Å². The summed E-state index contributed by atoms with van der Waals surface area (Å²) in [6, 6.07) is 21.9. The molecular weight excluding hydrogens is 561 g/mol. The first kappa shape index (κ1) is 34.1. The Balaban J connectivity index is 1.63. The molecule has 0 N–H and O–H groups in total. The van der Waals surface area contributed by atoms with Gasteiger partial charge in [0.15, 0.2) is 14.1 Å². The lowest BCUT2D eigenvalue weighted by Crippen LogP contribution is -2.67. The minimum Gasteiger partial charge on any atom is -0.417 e. The van der Waals surface area contributed by atoms with Crippen molar-refractivity contribution < 1.29 is 13.6 Å². The number of Topliss-reactive ketones (excluding diaryl/α,β-unsaturated/α-hetero) is 1. The zero-order chi connectivity index (χ0) is 31.7.